The number of rotatable bonds is 7. The number of thioether (sulfide) groups is 1. The number of anilines is 1. The summed E-state index contributed by atoms with van der Waals surface area (Å²) in [5.41, 5.74) is 3.23. The molecule has 0 unspecified atom stereocenters. The maximum absolute atomic E-state index is 14.6. The topological polar surface area (TPSA) is 59.8 Å². The van der Waals surface area contributed by atoms with Crippen molar-refractivity contribution in [1.29, 1.82) is 0 Å². The van der Waals surface area contributed by atoms with Crippen molar-refractivity contribution >= 4 is 23.4 Å². The molecule has 0 atom stereocenters. The predicted molar refractivity (Wildman–Crippen MR) is 139 cm³/mol. The number of hydrogen-bond acceptors (Lipinski definition) is 4. The molecule has 1 amide bonds. The van der Waals surface area contributed by atoms with Crippen LogP contribution in [0.2, 0.25) is 0 Å². The van der Waals surface area contributed by atoms with Crippen LogP contribution in [-0.2, 0) is 4.79 Å². The van der Waals surface area contributed by atoms with E-state index in [-0.39, 0.29) is 23.5 Å². The summed E-state index contributed by atoms with van der Waals surface area (Å²) in [6.45, 7) is 0. The second kappa shape index (κ2) is 10.9. The molecule has 3 aromatic carbocycles. The van der Waals surface area contributed by atoms with Gasteiger partial charge in [-0.1, -0.05) is 91.7 Å². The van der Waals surface area contributed by atoms with E-state index in [1.807, 2.05) is 65.2 Å². The Bertz CT molecular complexity index is 1300. The number of carbonyl (C=O) groups is 1. The lowest BCUT2D eigenvalue weighted by Gasteiger charge is -2.25. The molecular formula is C28H27FN4OS. The van der Waals surface area contributed by atoms with Crippen molar-refractivity contribution in [2.24, 2.45) is 0 Å². The highest BCUT2D eigenvalue weighted by Crippen LogP contribution is 2.36. The lowest BCUT2D eigenvalue weighted by Crippen LogP contribution is -2.18. The molecule has 178 valence electrons. The molecule has 35 heavy (non-hydrogen) atoms. The molecule has 1 aliphatic carbocycles. The van der Waals surface area contributed by atoms with Crippen LogP contribution >= 0.6 is 11.8 Å². The molecule has 7 heteroatoms. The number of para-hydroxylation sites is 1. The van der Waals surface area contributed by atoms with E-state index in [0.717, 1.165) is 42.5 Å². The molecule has 0 aliphatic heterocycles. The molecule has 1 aliphatic rings. The van der Waals surface area contributed by atoms with Crippen LogP contribution in [0.25, 0.3) is 22.5 Å². The zero-order valence-corrected chi connectivity index (χ0v) is 20.2. The van der Waals surface area contributed by atoms with Crippen LogP contribution in [-0.4, -0.2) is 26.4 Å². The van der Waals surface area contributed by atoms with Gasteiger partial charge in [-0.05, 0) is 36.6 Å². The average molecular weight is 487 g/mol. The SMILES string of the molecule is O=C(CSc1nnc(-c2ccccc2F)n1C1CCCCC1)Nc1ccccc1-c1ccccc1. The molecule has 1 N–H and O–H groups in total. The highest BCUT2D eigenvalue weighted by Gasteiger charge is 2.25. The summed E-state index contributed by atoms with van der Waals surface area (Å²) in [6.07, 6.45) is 5.47. The zero-order chi connectivity index (χ0) is 24.0. The summed E-state index contributed by atoms with van der Waals surface area (Å²) in [6, 6.07) is 24.6. The first-order valence-corrected chi connectivity index (χ1v) is 13.0. The van der Waals surface area contributed by atoms with Crippen LogP contribution in [0.4, 0.5) is 10.1 Å². The summed E-state index contributed by atoms with van der Waals surface area (Å²) in [5.74, 6) is 0.283. The quantitative estimate of drug-likeness (QED) is 0.286. The van der Waals surface area contributed by atoms with Gasteiger partial charge in [0.2, 0.25) is 5.91 Å². The van der Waals surface area contributed by atoms with Crippen LogP contribution in [0.1, 0.15) is 38.1 Å². The van der Waals surface area contributed by atoms with Crippen molar-refractivity contribution in [1.82, 2.24) is 14.8 Å². The van der Waals surface area contributed by atoms with Gasteiger partial charge in [-0.25, -0.2) is 4.39 Å². The lowest BCUT2D eigenvalue weighted by atomic mass is 9.95. The van der Waals surface area contributed by atoms with E-state index in [2.05, 4.69) is 15.5 Å². The Morgan fingerprint density at radius 1 is 0.886 bits per heavy atom. The minimum atomic E-state index is -0.316. The van der Waals surface area contributed by atoms with Crippen molar-refractivity contribution in [3.8, 4) is 22.5 Å². The number of nitrogens with one attached hydrogen (secondary N) is 1. The van der Waals surface area contributed by atoms with E-state index in [0.29, 0.717) is 16.5 Å². The number of amides is 1. The standard InChI is InChI=1S/C28H27FN4OS/c29-24-17-9-7-16-23(24)27-31-32-28(33(27)21-13-5-2-6-14-21)35-19-26(34)30-25-18-10-8-15-22(25)20-11-3-1-4-12-20/h1,3-4,7-12,15-18,21H,2,5-6,13-14,19H2,(H,30,34). The average Bonchev–Trinajstić information content (AvgIpc) is 3.33. The normalized spacial score (nSPS) is 14.1. The fourth-order valence-corrected chi connectivity index (χ4v) is 5.45. The summed E-state index contributed by atoms with van der Waals surface area (Å²) in [4.78, 5) is 12.9. The number of aromatic nitrogens is 3. The summed E-state index contributed by atoms with van der Waals surface area (Å²) in [7, 11) is 0. The predicted octanol–water partition coefficient (Wildman–Crippen LogP) is 6.99. The number of hydrogen-bond donors (Lipinski definition) is 1. The molecule has 0 spiro atoms. The maximum atomic E-state index is 14.6. The molecule has 0 radical (unpaired) electrons. The van der Waals surface area contributed by atoms with E-state index < -0.39 is 0 Å². The molecule has 4 aromatic rings. The Kier molecular flexibility index (Phi) is 7.23. The monoisotopic (exact) mass is 486 g/mol. The molecule has 5 nitrogen and oxygen atoms in total. The first kappa shape index (κ1) is 23.3. The summed E-state index contributed by atoms with van der Waals surface area (Å²) in [5, 5.41) is 12.4. The van der Waals surface area contributed by atoms with Gasteiger partial charge in [-0.15, -0.1) is 10.2 Å². The van der Waals surface area contributed by atoms with Gasteiger partial charge in [0, 0.05) is 17.3 Å². The molecule has 1 aromatic heterocycles. The Hall–Kier alpha value is -3.45. The van der Waals surface area contributed by atoms with Crippen molar-refractivity contribution in [3.63, 3.8) is 0 Å². The van der Waals surface area contributed by atoms with Gasteiger partial charge in [-0.3, -0.25) is 9.36 Å². The zero-order valence-electron chi connectivity index (χ0n) is 19.4. The van der Waals surface area contributed by atoms with E-state index in [9.17, 15) is 9.18 Å². The van der Waals surface area contributed by atoms with Crippen molar-refractivity contribution < 1.29 is 9.18 Å². The number of benzene rings is 3. The van der Waals surface area contributed by atoms with Gasteiger partial charge in [0.05, 0.1) is 11.3 Å². The van der Waals surface area contributed by atoms with Crippen molar-refractivity contribution in [2.45, 2.75) is 43.3 Å². The van der Waals surface area contributed by atoms with Gasteiger partial charge in [0.25, 0.3) is 0 Å². The van der Waals surface area contributed by atoms with Gasteiger partial charge < -0.3 is 5.32 Å². The summed E-state index contributed by atoms with van der Waals surface area (Å²) < 4.78 is 16.7. The third kappa shape index (κ3) is 5.30. The second-order valence-electron chi connectivity index (χ2n) is 8.70. The fraction of sp³-hybridized carbons (Fsp3) is 0.250. The summed E-state index contributed by atoms with van der Waals surface area (Å²) >= 11 is 1.35. The maximum Gasteiger partial charge on any atom is 0.234 e. The highest BCUT2D eigenvalue weighted by molar-refractivity contribution is 7.99. The molecule has 1 saturated carbocycles. The lowest BCUT2D eigenvalue weighted by molar-refractivity contribution is -0.113. The third-order valence-electron chi connectivity index (χ3n) is 6.34. The molecule has 1 heterocycles. The van der Waals surface area contributed by atoms with Gasteiger partial charge in [-0.2, -0.15) is 0 Å². The van der Waals surface area contributed by atoms with Gasteiger partial charge in [0.1, 0.15) is 5.82 Å². The van der Waals surface area contributed by atoms with Crippen molar-refractivity contribution in [2.75, 3.05) is 11.1 Å². The van der Waals surface area contributed by atoms with Crippen LogP contribution < -0.4 is 5.32 Å². The van der Waals surface area contributed by atoms with Crippen molar-refractivity contribution in [3.05, 3.63) is 84.7 Å². The number of carbonyl (C=O) groups excluding carboxylic acids is 1. The van der Waals surface area contributed by atoms with E-state index in [1.54, 1.807) is 12.1 Å². The minimum Gasteiger partial charge on any atom is -0.325 e. The highest BCUT2D eigenvalue weighted by atomic mass is 32.2. The Balaban J connectivity index is 1.36. The second-order valence-corrected chi connectivity index (χ2v) is 9.64. The van der Waals surface area contributed by atoms with Crippen LogP contribution in [0.15, 0.2) is 84.0 Å². The van der Waals surface area contributed by atoms with E-state index >= 15 is 0 Å². The Morgan fingerprint density at radius 3 is 2.34 bits per heavy atom. The Labute approximate surface area is 208 Å². The van der Waals surface area contributed by atoms with E-state index in [4.69, 9.17) is 0 Å². The van der Waals surface area contributed by atoms with Crippen LogP contribution in [0, 0.1) is 5.82 Å². The largest absolute Gasteiger partial charge is 0.325 e. The van der Waals surface area contributed by atoms with Crippen LogP contribution in [0.5, 0.6) is 0 Å². The smallest absolute Gasteiger partial charge is 0.234 e. The third-order valence-corrected chi connectivity index (χ3v) is 7.28. The number of nitrogens with zero attached hydrogens (tertiary/aromatic N) is 3. The molecule has 5 rings (SSSR count). The first-order valence-electron chi connectivity index (χ1n) is 12.0. The molecule has 1 fully saturated rings. The van der Waals surface area contributed by atoms with Gasteiger partial charge in [0.15, 0.2) is 11.0 Å². The Morgan fingerprint density at radius 2 is 1.57 bits per heavy atom. The van der Waals surface area contributed by atoms with E-state index in [1.165, 1.54) is 24.2 Å². The number of halogens is 1. The minimum absolute atomic E-state index is 0.121. The molecule has 0 saturated heterocycles. The van der Waals surface area contributed by atoms with Gasteiger partial charge >= 0.3 is 0 Å². The first-order chi connectivity index (χ1) is 17.2. The molecule has 0 bridgehead atoms. The fourth-order valence-electron chi connectivity index (χ4n) is 4.65. The van der Waals surface area contributed by atoms with Crippen LogP contribution in [0.3, 0.4) is 0 Å². The molecular weight excluding hydrogens is 459 g/mol.